The minimum atomic E-state index is -4.40. The van der Waals surface area contributed by atoms with Crippen LogP contribution in [0.25, 0.3) is 0 Å². The number of halogens is 2. The van der Waals surface area contributed by atoms with Gasteiger partial charge in [0.1, 0.15) is 15.9 Å². The first-order valence-electron chi connectivity index (χ1n) is 5.29. The Morgan fingerprint density at radius 2 is 2.00 bits per heavy atom. The Balaban J connectivity index is 2.43. The summed E-state index contributed by atoms with van der Waals surface area (Å²) in [7, 11) is -4.40. The van der Waals surface area contributed by atoms with E-state index >= 15 is 0 Å². The number of benzene rings is 1. The monoisotopic (exact) mass is 332 g/mol. The lowest BCUT2D eigenvalue weighted by Gasteiger charge is -2.07. The lowest BCUT2D eigenvalue weighted by molar-refractivity contribution is -0.385. The van der Waals surface area contributed by atoms with E-state index in [1.54, 1.807) is 0 Å². The molecule has 0 atom stereocenters. The van der Waals surface area contributed by atoms with Gasteiger partial charge in [-0.25, -0.2) is 9.37 Å². The molecule has 0 fully saturated rings. The van der Waals surface area contributed by atoms with Gasteiger partial charge in [-0.3, -0.25) is 10.1 Å². The largest absolute Gasteiger partial charge is 0.371 e. The van der Waals surface area contributed by atoms with E-state index in [4.69, 9.17) is 11.6 Å². The molecule has 0 saturated carbocycles. The summed E-state index contributed by atoms with van der Waals surface area (Å²) >= 11 is 5.52. The van der Waals surface area contributed by atoms with Gasteiger partial charge >= 0.3 is 15.8 Å². The van der Waals surface area contributed by atoms with Gasteiger partial charge in [0.15, 0.2) is 0 Å². The van der Waals surface area contributed by atoms with Gasteiger partial charge in [0.2, 0.25) is 5.75 Å². The normalized spacial score (nSPS) is 11.1. The van der Waals surface area contributed by atoms with Crippen LogP contribution in [-0.2, 0) is 10.1 Å². The van der Waals surface area contributed by atoms with E-state index < -0.39 is 32.3 Å². The number of hydrogen-bond donors (Lipinski definition) is 0. The van der Waals surface area contributed by atoms with Gasteiger partial charge in [-0.2, -0.15) is 8.42 Å². The van der Waals surface area contributed by atoms with Crippen molar-refractivity contribution in [2.24, 2.45) is 0 Å². The predicted molar refractivity (Wildman–Crippen MR) is 70.1 cm³/mol. The summed E-state index contributed by atoms with van der Waals surface area (Å²) in [5.74, 6) is -1.60. The van der Waals surface area contributed by atoms with Crippen LogP contribution in [0.15, 0.2) is 41.4 Å². The molecule has 0 aliphatic carbocycles. The quantitative estimate of drug-likeness (QED) is 0.369. The number of rotatable bonds is 4. The van der Waals surface area contributed by atoms with E-state index in [9.17, 15) is 22.9 Å². The summed E-state index contributed by atoms with van der Waals surface area (Å²) in [5.41, 5.74) is -0.679. The highest BCUT2D eigenvalue weighted by atomic mass is 35.5. The molecule has 7 nitrogen and oxygen atoms in total. The van der Waals surface area contributed by atoms with E-state index in [1.165, 1.54) is 6.07 Å². The van der Waals surface area contributed by atoms with Crippen LogP contribution in [0.3, 0.4) is 0 Å². The van der Waals surface area contributed by atoms with Crippen LogP contribution in [0.1, 0.15) is 0 Å². The van der Waals surface area contributed by atoms with Gasteiger partial charge in [-0.05, 0) is 18.2 Å². The molecule has 0 unspecified atom stereocenters. The summed E-state index contributed by atoms with van der Waals surface area (Å²) in [6.45, 7) is 0. The van der Waals surface area contributed by atoms with Crippen molar-refractivity contribution in [2.45, 2.75) is 4.90 Å². The maximum Gasteiger partial charge on any atom is 0.341 e. The maximum absolute atomic E-state index is 13.1. The average Bonchev–Trinajstić information content (AvgIpc) is 2.38. The molecule has 0 saturated heterocycles. The molecule has 2 aromatic rings. The minimum absolute atomic E-state index is 0.0608. The zero-order chi connectivity index (χ0) is 15.6. The number of nitro groups is 1. The fourth-order valence-corrected chi connectivity index (χ4v) is 2.38. The molecule has 10 heteroatoms. The van der Waals surface area contributed by atoms with Gasteiger partial charge in [0.25, 0.3) is 0 Å². The van der Waals surface area contributed by atoms with E-state index in [2.05, 4.69) is 9.17 Å². The predicted octanol–water partition coefficient (Wildman–Crippen LogP) is 2.55. The van der Waals surface area contributed by atoms with Crippen molar-refractivity contribution in [3.63, 3.8) is 0 Å². The van der Waals surface area contributed by atoms with E-state index in [-0.39, 0.29) is 10.0 Å². The van der Waals surface area contributed by atoms with E-state index in [1.807, 2.05) is 0 Å². The Kier molecular flexibility index (Phi) is 4.05. The van der Waals surface area contributed by atoms with Crippen LogP contribution < -0.4 is 4.18 Å². The number of pyridine rings is 1. The zero-order valence-electron chi connectivity index (χ0n) is 10.1. The molecule has 21 heavy (non-hydrogen) atoms. The summed E-state index contributed by atoms with van der Waals surface area (Å²) in [4.78, 5) is 13.1. The lowest BCUT2D eigenvalue weighted by Crippen LogP contribution is -2.11. The summed E-state index contributed by atoms with van der Waals surface area (Å²) in [6.07, 6.45) is 0.919. The van der Waals surface area contributed by atoms with Gasteiger partial charge in [-0.15, -0.1) is 0 Å². The molecule has 110 valence electrons. The van der Waals surface area contributed by atoms with Crippen LogP contribution >= 0.6 is 11.6 Å². The Bertz CT molecular complexity index is 795. The first-order valence-corrected chi connectivity index (χ1v) is 7.08. The second-order valence-corrected chi connectivity index (χ2v) is 5.66. The van der Waals surface area contributed by atoms with Crippen LogP contribution in [0.4, 0.5) is 10.1 Å². The van der Waals surface area contributed by atoms with Crippen LogP contribution in [0, 0.1) is 15.9 Å². The van der Waals surface area contributed by atoms with Crippen LogP contribution in [0.2, 0.25) is 5.15 Å². The number of nitro benzene ring substituents is 1. The molecule has 0 spiro atoms. The van der Waals surface area contributed by atoms with E-state index in [0.29, 0.717) is 6.07 Å². The van der Waals surface area contributed by atoms with Crippen molar-refractivity contribution in [3.05, 3.63) is 57.6 Å². The Hall–Kier alpha value is -2.26. The molecule has 0 bridgehead atoms. The van der Waals surface area contributed by atoms with Crippen LogP contribution in [-0.4, -0.2) is 18.3 Å². The van der Waals surface area contributed by atoms with Crippen molar-refractivity contribution in [3.8, 4) is 5.75 Å². The standard InChI is InChI=1S/C11H6ClFN2O5S/c12-11-4-2-8(6-14-11)21(18,19)20-10-5-7(13)1-3-9(10)15(16)17/h1-6H. The molecular formula is C11H6ClFN2O5S. The molecule has 2 rings (SSSR count). The summed E-state index contributed by atoms with van der Waals surface area (Å²) in [6, 6.07) is 4.55. The highest BCUT2D eigenvalue weighted by Crippen LogP contribution is 2.30. The highest BCUT2D eigenvalue weighted by molar-refractivity contribution is 7.87. The third kappa shape index (κ3) is 3.44. The second kappa shape index (κ2) is 5.62. The van der Waals surface area contributed by atoms with Crippen molar-refractivity contribution in [2.75, 3.05) is 0 Å². The van der Waals surface area contributed by atoms with Gasteiger partial charge < -0.3 is 4.18 Å². The molecular weight excluding hydrogens is 327 g/mol. The highest BCUT2D eigenvalue weighted by Gasteiger charge is 2.24. The molecule has 0 amide bonds. The Morgan fingerprint density at radius 1 is 1.29 bits per heavy atom. The van der Waals surface area contributed by atoms with Gasteiger partial charge in [0, 0.05) is 12.1 Å². The van der Waals surface area contributed by atoms with Gasteiger partial charge in [-0.1, -0.05) is 11.6 Å². The number of aromatic nitrogens is 1. The maximum atomic E-state index is 13.1. The molecule has 1 aromatic carbocycles. The number of nitrogens with zero attached hydrogens (tertiary/aromatic N) is 2. The smallest absolute Gasteiger partial charge is 0.341 e. The summed E-state index contributed by atoms with van der Waals surface area (Å²) < 4.78 is 41.6. The van der Waals surface area contributed by atoms with Crippen molar-refractivity contribution in [1.82, 2.24) is 4.98 Å². The van der Waals surface area contributed by atoms with Crippen molar-refractivity contribution >= 4 is 27.4 Å². The first kappa shape index (κ1) is 15.1. The number of hydrogen-bond acceptors (Lipinski definition) is 6. The fourth-order valence-electron chi connectivity index (χ4n) is 1.38. The topological polar surface area (TPSA) is 99.4 Å². The third-order valence-electron chi connectivity index (χ3n) is 2.31. The van der Waals surface area contributed by atoms with E-state index in [0.717, 1.165) is 24.4 Å². The average molecular weight is 333 g/mol. The molecule has 0 N–H and O–H groups in total. The van der Waals surface area contributed by atoms with Crippen molar-refractivity contribution in [1.29, 1.82) is 0 Å². The lowest BCUT2D eigenvalue weighted by atomic mass is 10.3. The van der Waals surface area contributed by atoms with Crippen molar-refractivity contribution < 1.29 is 21.9 Å². The van der Waals surface area contributed by atoms with Gasteiger partial charge in [0.05, 0.1) is 11.1 Å². The third-order valence-corrected chi connectivity index (χ3v) is 3.75. The Morgan fingerprint density at radius 3 is 2.57 bits per heavy atom. The van der Waals surface area contributed by atoms with Crippen LogP contribution in [0.5, 0.6) is 5.75 Å². The molecule has 1 aromatic heterocycles. The molecule has 0 aliphatic rings. The summed E-state index contributed by atoms with van der Waals surface area (Å²) in [5, 5.41) is 10.8. The molecule has 0 radical (unpaired) electrons. The second-order valence-electron chi connectivity index (χ2n) is 3.72. The molecule has 0 aliphatic heterocycles. The first-order chi connectivity index (χ1) is 9.79. The fraction of sp³-hybridized carbons (Fsp3) is 0. The molecule has 1 heterocycles. The SMILES string of the molecule is O=[N+]([O-])c1ccc(F)cc1OS(=O)(=O)c1ccc(Cl)nc1. The minimum Gasteiger partial charge on any atom is -0.371 e. The zero-order valence-corrected chi connectivity index (χ0v) is 11.6. The Labute approximate surface area is 123 Å².